The molecule has 0 atom stereocenters. The summed E-state index contributed by atoms with van der Waals surface area (Å²) in [7, 11) is 1.67. The average molecular weight is 321 g/mol. The molecular formula is C15H17BrN2O. The topological polar surface area (TPSA) is 35.0 Å². The quantitative estimate of drug-likeness (QED) is 0.789. The summed E-state index contributed by atoms with van der Waals surface area (Å²) < 4.78 is 6.05. The molecule has 19 heavy (non-hydrogen) atoms. The van der Waals surface area contributed by atoms with Crippen LogP contribution in [0.5, 0.6) is 5.75 Å². The van der Waals surface area contributed by atoms with Crippen LogP contribution in [-0.4, -0.2) is 17.1 Å². The van der Waals surface area contributed by atoms with E-state index in [1.165, 1.54) is 0 Å². The van der Waals surface area contributed by atoms with Gasteiger partial charge in [0.05, 0.1) is 12.8 Å². The van der Waals surface area contributed by atoms with E-state index in [1.807, 2.05) is 24.3 Å². The van der Waals surface area contributed by atoms with Crippen molar-refractivity contribution in [1.82, 2.24) is 9.97 Å². The predicted molar refractivity (Wildman–Crippen MR) is 80.5 cm³/mol. The third-order valence-electron chi connectivity index (χ3n) is 2.94. The number of aryl methyl sites for hydroxylation is 1. The second-order valence-corrected chi connectivity index (χ2v) is 5.58. The van der Waals surface area contributed by atoms with Gasteiger partial charge < -0.3 is 4.74 Å². The van der Waals surface area contributed by atoms with Crippen LogP contribution in [0.4, 0.5) is 0 Å². The van der Waals surface area contributed by atoms with Crippen molar-refractivity contribution in [1.29, 1.82) is 0 Å². The molecule has 0 aliphatic carbocycles. The lowest BCUT2D eigenvalue weighted by atomic mass is 10.0. The first-order valence-electron chi connectivity index (χ1n) is 6.20. The van der Waals surface area contributed by atoms with Gasteiger partial charge in [0.1, 0.15) is 16.2 Å². The maximum atomic E-state index is 5.23. The Morgan fingerprint density at radius 3 is 2.47 bits per heavy atom. The van der Waals surface area contributed by atoms with Gasteiger partial charge in [-0.2, -0.15) is 0 Å². The molecule has 1 heterocycles. The molecule has 0 fully saturated rings. The number of ether oxygens (including phenoxy) is 1. The zero-order chi connectivity index (χ0) is 14.0. The standard InChI is InChI=1S/C15H17BrN2O/c1-9(2)15-17-13(8-14(16)18-15)12-6-5-11(19-4)7-10(12)3/h5-9H,1-4H3. The van der Waals surface area contributed by atoms with Gasteiger partial charge in [0.25, 0.3) is 0 Å². The van der Waals surface area contributed by atoms with Crippen molar-refractivity contribution in [2.45, 2.75) is 26.7 Å². The van der Waals surface area contributed by atoms with Crippen molar-refractivity contribution in [2.24, 2.45) is 0 Å². The molecule has 2 rings (SSSR count). The summed E-state index contributed by atoms with van der Waals surface area (Å²) >= 11 is 3.46. The Morgan fingerprint density at radius 2 is 1.89 bits per heavy atom. The molecular weight excluding hydrogens is 304 g/mol. The van der Waals surface area contributed by atoms with E-state index in [9.17, 15) is 0 Å². The second kappa shape index (κ2) is 5.70. The van der Waals surface area contributed by atoms with Crippen molar-refractivity contribution in [2.75, 3.05) is 7.11 Å². The minimum Gasteiger partial charge on any atom is -0.497 e. The zero-order valence-electron chi connectivity index (χ0n) is 11.6. The Balaban J connectivity index is 2.52. The minimum absolute atomic E-state index is 0.301. The second-order valence-electron chi connectivity index (χ2n) is 4.77. The monoisotopic (exact) mass is 320 g/mol. The molecule has 0 saturated heterocycles. The predicted octanol–water partition coefficient (Wildman–Crippen LogP) is 4.35. The van der Waals surface area contributed by atoms with Crippen molar-refractivity contribution < 1.29 is 4.74 Å². The maximum Gasteiger partial charge on any atom is 0.132 e. The first-order chi connectivity index (χ1) is 9.01. The van der Waals surface area contributed by atoms with E-state index < -0.39 is 0 Å². The fourth-order valence-electron chi connectivity index (χ4n) is 1.88. The van der Waals surface area contributed by atoms with Crippen LogP contribution in [0.3, 0.4) is 0 Å². The van der Waals surface area contributed by atoms with Gasteiger partial charge in [0, 0.05) is 11.5 Å². The van der Waals surface area contributed by atoms with Crippen molar-refractivity contribution >= 4 is 15.9 Å². The number of hydrogen-bond acceptors (Lipinski definition) is 3. The first kappa shape index (κ1) is 14.0. The van der Waals surface area contributed by atoms with Gasteiger partial charge >= 0.3 is 0 Å². The third kappa shape index (κ3) is 3.13. The highest BCUT2D eigenvalue weighted by molar-refractivity contribution is 9.10. The maximum absolute atomic E-state index is 5.23. The fraction of sp³-hybridized carbons (Fsp3) is 0.333. The molecule has 0 aliphatic rings. The summed E-state index contributed by atoms with van der Waals surface area (Å²) in [6.07, 6.45) is 0. The van der Waals surface area contributed by atoms with Crippen molar-refractivity contribution in [3.63, 3.8) is 0 Å². The van der Waals surface area contributed by atoms with Crippen molar-refractivity contribution in [3.05, 3.63) is 40.3 Å². The van der Waals surface area contributed by atoms with E-state index in [0.717, 1.165) is 33.0 Å². The van der Waals surface area contributed by atoms with Crippen molar-refractivity contribution in [3.8, 4) is 17.0 Å². The lowest BCUT2D eigenvalue weighted by Crippen LogP contribution is -2.00. The molecule has 0 radical (unpaired) electrons. The summed E-state index contributed by atoms with van der Waals surface area (Å²) in [5.74, 6) is 2.01. The van der Waals surface area contributed by atoms with E-state index in [-0.39, 0.29) is 0 Å². The molecule has 4 heteroatoms. The van der Waals surface area contributed by atoms with E-state index in [1.54, 1.807) is 7.11 Å². The molecule has 0 spiro atoms. The molecule has 0 aliphatic heterocycles. The van der Waals surface area contributed by atoms with Crippen LogP contribution in [0.2, 0.25) is 0 Å². The van der Waals surface area contributed by atoms with Gasteiger partial charge in [-0.15, -0.1) is 0 Å². The Kier molecular flexibility index (Phi) is 4.20. The SMILES string of the molecule is COc1ccc(-c2cc(Br)nc(C(C)C)n2)c(C)c1. The van der Waals surface area contributed by atoms with Gasteiger partial charge in [0.2, 0.25) is 0 Å². The van der Waals surface area contributed by atoms with E-state index in [0.29, 0.717) is 5.92 Å². The lowest BCUT2D eigenvalue weighted by molar-refractivity contribution is 0.414. The van der Waals surface area contributed by atoms with E-state index >= 15 is 0 Å². The molecule has 0 unspecified atom stereocenters. The minimum atomic E-state index is 0.301. The Bertz CT molecular complexity index is 597. The molecule has 100 valence electrons. The molecule has 1 aromatic heterocycles. The normalized spacial score (nSPS) is 10.8. The third-order valence-corrected chi connectivity index (χ3v) is 3.34. The first-order valence-corrected chi connectivity index (χ1v) is 7.00. The summed E-state index contributed by atoms with van der Waals surface area (Å²) in [5, 5.41) is 0. The Hall–Kier alpha value is -1.42. The summed E-state index contributed by atoms with van der Waals surface area (Å²) in [6.45, 7) is 6.24. The van der Waals surface area contributed by atoms with E-state index in [2.05, 4.69) is 46.7 Å². The lowest BCUT2D eigenvalue weighted by Gasteiger charge is -2.11. The number of nitrogens with zero attached hydrogens (tertiary/aromatic N) is 2. The number of halogens is 1. The highest BCUT2D eigenvalue weighted by atomic mass is 79.9. The summed E-state index contributed by atoms with van der Waals surface area (Å²) in [6, 6.07) is 7.95. The molecule has 1 aromatic carbocycles. The van der Waals surface area contributed by atoms with Gasteiger partial charge in [-0.3, -0.25) is 0 Å². The van der Waals surface area contributed by atoms with E-state index in [4.69, 9.17) is 4.74 Å². The van der Waals surface area contributed by atoms with Crippen LogP contribution in [0.15, 0.2) is 28.9 Å². The van der Waals surface area contributed by atoms with Crippen LogP contribution in [0.25, 0.3) is 11.3 Å². The van der Waals surface area contributed by atoms with Crippen LogP contribution < -0.4 is 4.74 Å². The summed E-state index contributed by atoms with van der Waals surface area (Å²) in [4.78, 5) is 9.04. The smallest absolute Gasteiger partial charge is 0.132 e. The number of methoxy groups -OCH3 is 1. The van der Waals surface area contributed by atoms with Gasteiger partial charge in [-0.05, 0) is 52.7 Å². The molecule has 0 saturated carbocycles. The van der Waals surface area contributed by atoms with Crippen LogP contribution >= 0.6 is 15.9 Å². The summed E-state index contributed by atoms with van der Waals surface area (Å²) in [5.41, 5.74) is 3.18. The van der Waals surface area contributed by atoms with Gasteiger partial charge in [-0.25, -0.2) is 9.97 Å². The van der Waals surface area contributed by atoms with Crippen LogP contribution in [0, 0.1) is 6.92 Å². The molecule has 0 bridgehead atoms. The average Bonchev–Trinajstić information content (AvgIpc) is 2.37. The fourth-order valence-corrected chi connectivity index (χ4v) is 2.28. The number of rotatable bonds is 3. The van der Waals surface area contributed by atoms with Crippen LogP contribution in [-0.2, 0) is 0 Å². The van der Waals surface area contributed by atoms with Gasteiger partial charge in [-0.1, -0.05) is 13.8 Å². The Morgan fingerprint density at radius 1 is 1.16 bits per heavy atom. The molecule has 0 amide bonds. The molecule has 2 aromatic rings. The Labute approximate surface area is 122 Å². The molecule has 0 N–H and O–H groups in total. The number of benzene rings is 1. The highest BCUT2D eigenvalue weighted by Gasteiger charge is 2.10. The largest absolute Gasteiger partial charge is 0.497 e. The number of hydrogen-bond donors (Lipinski definition) is 0. The van der Waals surface area contributed by atoms with Gasteiger partial charge in [0.15, 0.2) is 0 Å². The highest BCUT2D eigenvalue weighted by Crippen LogP contribution is 2.28. The van der Waals surface area contributed by atoms with Crippen LogP contribution in [0.1, 0.15) is 31.2 Å². The number of aromatic nitrogens is 2. The zero-order valence-corrected chi connectivity index (χ0v) is 13.2. The molecule has 3 nitrogen and oxygen atoms in total.